The summed E-state index contributed by atoms with van der Waals surface area (Å²) in [4.78, 5) is 12.7. The van der Waals surface area contributed by atoms with Crippen molar-refractivity contribution in [3.05, 3.63) is 0 Å². The van der Waals surface area contributed by atoms with Gasteiger partial charge in [-0.15, -0.1) is 0 Å². The third kappa shape index (κ3) is 6.86. The van der Waals surface area contributed by atoms with Gasteiger partial charge in [-0.25, -0.2) is 0 Å². The van der Waals surface area contributed by atoms with Crippen molar-refractivity contribution in [3.63, 3.8) is 0 Å². The van der Waals surface area contributed by atoms with E-state index in [1.54, 1.807) is 0 Å². The van der Waals surface area contributed by atoms with Gasteiger partial charge in [-0.2, -0.15) is 13.2 Å². The molecule has 176 valence electrons. The Hall–Kier alpha value is -0.780. The van der Waals surface area contributed by atoms with Crippen LogP contribution in [0.2, 0.25) is 0 Å². The molecule has 0 saturated heterocycles. The van der Waals surface area contributed by atoms with E-state index in [0.29, 0.717) is 24.2 Å². The fraction of sp³-hybridized carbons (Fsp3) is 0.958. The van der Waals surface area contributed by atoms with E-state index in [1.807, 2.05) is 13.8 Å². The SMILES string of the molecule is CC(C)[C@H]1CC[C@H](C)C[C@@H]1OCC(C(=O)O[C@H]1C[C@@H](C)CC[C@@H]1C(C)C)C(F)(F)F. The van der Waals surface area contributed by atoms with Gasteiger partial charge in [0, 0.05) is 0 Å². The zero-order valence-electron chi connectivity index (χ0n) is 19.5. The van der Waals surface area contributed by atoms with Crippen LogP contribution in [0.3, 0.4) is 0 Å². The quantitative estimate of drug-likeness (QED) is 0.421. The number of carbonyl (C=O) groups excluding carboxylic acids is 1. The lowest BCUT2D eigenvalue weighted by molar-refractivity contribution is -0.217. The average Bonchev–Trinajstić information content (AvgIpc) is 2.60. The highest BCUT2D eigenvalue weighted by Crippen LogP contribution is 2.39. The first kappa shape index (κ1) is 25.5. The van der Waals surface area contributed by atoms with Crippen molar-refractivity contribution < 1.29 is 27.4 Å². The summed E-state index contributed by atoms with van der Waals surface area (Å²) in [7, 11) is 0. The maximum absolute atomic E-state index is 13.8. The van der Waals surface area contributed by atoms with Crippen molar-refractivity contribution >= 4 is 5.97 Å². The van der Waals surface area contributed by atoms with Gasteiger partial charge in [-0.3, -0.25) is 4.79 Å². The number of halogens is 3. The van der Waals surface area contributed by atoms with Gasteiger partial charge >= 0.3 is 12.1 Å². The molecule has 2 fully saturated rings. The van der Waals surface area contributed by atoms with Gasteiger partial charge in [-0.1, -0.05) is 54.4 Å². The summed E-state index contributed by atoms with van der Waals surface area (Å²) in [5.41, 5.74) is 0. The summed E-state index contributed by atoms with van der Waals surface area (Å²) in [5, 5.41) is 0. The van der Waals surface area contributed by atoms with E-state index in [-0.39, 0.29) is 23.9 Å². The lowest BCUT2D eigenvalue weighted by Gasteiger charge is -2.39. The largest absolute Gasteiger partial charge is 0.462 e. The molecule has 1 unspecified atom stereocenters. The molecule has 30 heavy (non-hydrogen) atoms. The number of esters is 1. The van der Waals surface area contributed by atoms with Crippen molar-refractivity contribution in [1.82, 2.24) is 0 Å². The van der Waals surface area contributed by atoms with Crippen molar-refractivity contribution in [1.29, 1.82) is 0 Å². The summed E-state index contributed by atoms with van der Waals surface area (Å²) in [6, 6.07) is 0. The second kappa shape index (κ2) is 10.7. The Morgan fingerprint density at radius 2 is 1.33 bits per heavy atom. The van der Waals surface area contributed by atoms with Gasteiger partial charge in [0.15, 0.2) is 5.92 Å². The Kier molecular flexibility index (Phi) is 9.08. The van der Waals surface area contributed by atoms with E-state index >= 15 is 0 Å². The smallest absolute Gasteiger partial charge is 0.404 e. The van der Waals surface area contributed by atoms with Crippen LogP contribution in [-0.2, 0) is 14.3 Å². The van der Waals surface area contributed by atoms with E-state index in [4.69, 9.17) is 9.47 Å². The van der Waals surface area contributed by atoms with Crippen LogP contribution in [0.1, 0.15) is 80.1 Å². The topological polar surface area (TPSA) is 35.5 Å². The number of alkyl halides is 3. The van der Waals surface area contributed by atoms with E-state index in [9.17, 15) is 18.0 Å². The molecule has 2 saturated carbocycles. The molecule has 0 aromatic heterocycles. The van der Waals surface area contributed by atoms with Gasteiger partial charge in [0.05, 0.1) is 12.7 Å². The van der Waals surface area contributed by atoms with Gasteiger partial charge in [-0.05, 0) is 61.2 Å². The fourth-order valence-electron chi connectivity index (χ4n) is 5.30. The molecule has 0 amide bonds. The first-order valence-electron chi connectivity index (χ1n) is 11.8. The fourth-order valence-corrected chi connectivity index (χ4v) is 5.30. The maximum Gasteiger partial charge on any atom is 0.404 e. The lowest BCUT2D eigenvalue weighted by atomic mass is 9.75. The van der Waals surface area contributed by atoms with E-state index in [0.717, 1.165) is 32.1 Å². The van der Waals surface area contributed by atoms with Gasteiger partial charge < -0.3 is 9.47 Å². The molecule has 0 bridgehead atoms. The molecule has 0 spiro atoms. The van der Waals surface area contributed by atoms with E-state index < -0.39 is 30.8 Å². The maximum atomic E-state index is 13.8. The monoisotopic (exact) mass is 434 g/mol. The van der Waals surface area contributed by atoms with Gasteiger partial charge in [0.1, 0.15) is 6.10 Å². The van der Waals surface area contributed by atoms with Crippen molar-refractivity contribution in [2.45, 2.75) is 98.5 Å². The molecule has 0 N–H and O–H groups in total. The predicted octanol–water partition coefficient (Wildman–Crippen LogP) is 6.65. The van der Waals surface area contributed by atoms with Crippen LogP contribution >= 0.6 is 0 Å². The third-order valence-corrected chi connectivity index (χ3v) is 7.35. The number of hydrogen-bond donors (Lipinski definition) is 0. The zero-order valence-corrected chi connectivity index (χ0v) is 19.5. The standard InChI is InChI=1S/C24H41F3O3/c1-14(2)18-9-7-16(5)11-21(18)29-13-20(24(25,26)27)23(28)30-22-12-17(6)8-10-19(22)15(3)4/h14-22H,7-13H2,1-6H3/t16-,17-,18+,19+,20?,21-,22-/m0/s1. The van der Waals surface area contributed by atoms with Crippen LogP contribution in [0.15, 0.2) is 0 Å². The average molecular weight is 435 g/mol. The molecule has 2 rings (SSSR count). The Labute approximate surface area is 180 Å². The summed E-state index contributed by atoms with van der Waals surface area (Å²) < 4.78 is 52.6. The number of carbonyl (C=O) groups is 1. The number of hydrogen-bond acceptors (Lipinski definition) is 3. The molecular formula is C24H41F3O3. The Morgan fingerprint density at radius 1 is 0.867 bits per heavy atom. The van der Waals surface area contributed by atoms with Crippen LogP contribution in [0.5, 0.6) is 0 Å². The molecule has 6 heteroatoms. The first-order chi connectivity index (χ1) is 13.9. The minimum Gasteiger partial charge on any atom is -0.462 e. The van der Waals surface area contributed by atoms with Gasteiger partial charge in [0.2, 0.25) is 0 Å². The second-order valence-corrected chi connectivity index (χ2v) is 10.6. The Bertz CT molecular complexity index is 546. The van der Waals surface area contributed by atoms with Crippen LogP contribution < -0.4 is 0 Å². The summed E-state index contributed by atoms with van der Waals surface area (Å²) in [6.07, 6.45) is -0.0101. The van der Waals surface area contributed by atoms with Gasteiger partial charge in [0.25, 0.3) is 0 Å². The highest BCUT2D eigenvalue weighted by molar-refractivity contribution is 5.73. The number of ether oxygens (including phenoxy) is 2. The van der Waals surface area contributed by atoms with Crippen molar-refractivity contribution in [3.8, 4) is 0 Å². The summed E-state index contributed by atoms with van der Waals surface area (Å²) >= 11 is 0. The van der Waals surface area contributed by atoms with E-state index in [1.165, 1.54) is 0 Å². The number of rotatable bonds is 7. The van der Waals surface area contributed by atoms with Crippen molar-refractivity contribution in [2.75, 3.05) is 6.61 Å². The van der Waals surface area contributed by atoms with Crippen LogP contribution in [0.25, 0.3) is 0 Å². The van der Waals surface area contributed by atoms with Crippen molar-refractivity contribution in [2.24, 2.45) is 41.4 Å². The lowest BCUT2D eigenvalue weighted by Crippen LogP contribution is -2.43. The molecule has 0 aromatic rings. The minimum absolute atomic E-state index is 0.115. The molecule has 0 aromatic carbocycles. The second-order valence-electron chi connectivity index (χ2n) is 10.6. The Balaban J connectivity index is 2.06. The zero-order chi connectivity index (χ0) is 22.6. The van der Waals surface area contributed by atoms with E-state index in [2.05, 4.69) is 27.7 Å². The highest BCUT2D eigenvalue weighted by atomic mass is 19.4. The molecule has 0 aliphatic heterocycles. The minimum atomic E-state index is -4.67. The molecule has 2 aliphatic carbocycles. The molecule has 0 heterocycles. The predicted molar refractivity (Wildman–Crippen MR) is 112 cm³/mol. The molecular weight excluding hydrogens is 393 g/mol. The third-order valence-electron chi connectivity index (χ3n) is 7.35. The molecule has 2 aliphatic rings. The normalized spacial score (nSPS) is 34.2. The molecule has 0 radical (unpaired) electrons. The van der Waals surface area contributed by atoms with Crippen LogP contribution in [0, 0.1) is 41.4 Å². The first-order valence-corrected chi connectivity index (χ1v) is 11.8. The Morgan fingerprint density at radius 3 is 1.80 bits per heavy atom. The van der Waals surface area contributed by atoms with Crippen LogP contribution in [0.4, 0.5) is 13.2 Å². The highest BCUT2D eigenvalue weighted by Gasteiger charge is 2.48. The summed E-state index contributed by atoms with van der Waals surface area (Å²) in [6.45, 7) is 11.8. The van der Waals surface area contributed by atoms with Crippen LogP contribution in [-0.4, -0.2) is 31.0 Å². The summed E-state index contributed by atoms with van der Waals surface area (Å²) in [5.74, 6) is -1.64. The molecule has 3 nitrogen and oxygen atoms in total. The molecule has 7 atom stereocenters.